The van der Waals surface area contributed by atoms with E-state index in [4.69, 9.17) is 8.94 Å². The number of halogens is 3. The second-order valence-corrected chi connectivity index (χ2v) is 6.45. The summed E-state index contributed by atoms with van der Waals surface area (Å²) in [5.74, 6) is 1.08. The maximum atomic E-state index is 12.5. The van der Waals surface area contributed by atoms with Crippen molar-refractivity contribution in [3.8, 4) is 11.6 Å². The number of nitrogens with one attached hydrogen (secondary N) is 1. The van der Waals surface area contributed by atoms with Crippen LogP contribution in [0.2, 0.25) is 0 Å². The molecule has 10 heteroatoms. The SMILES string of the molecule is O=C(CN1CC(c2nc(-c3ccco3)no2)C1)Nc1ccc(C(F)(F)F)cc1. The summed E-state index contributed by atoms with van der Waals surface area (Å²) < 4.78 is 48.1. The van der Waals surface area contributed by atoms with Gasteiger partial charge < -0.3 is 14.3 Å². The number of aromatic nitrogens is 2. The van der Waals surface area contributed by atoms with E-state index in [0.717, 1.165) is 12.1 Å². The molecule has 1 fully saturated rings. The molecule has 2 aromatic heterocycles. The molecule has 4 rings (SSSR count). The lowest BCUT2D eigenvalue weighted by Crippen LogP contribution is -2.48. The molecule has 0 atom stereocenters. The van der Waals surface area contributed by atoms with Gasteiger partial charge in [0.2, 0.25) is 17.6 Å². The highest BCUT2D eigenvalue weighted by Gasteiger charge is 2.34. The largest absolute Gasteiger partial charge is 0.461 e. The van der Waals surface area contributed by atoms with Gasteiger partial charge in [-0.1, -0.05) is 5.16 Å². The van der Waals surface area contributed by atoms with Crippen LogP contribution in [0.15, 0.2) is 51.6 Å². The number of benzene rings is 1. The summed E-state index contributed by atoms with van der Waals surface area (Å²) in [6, 6.07) is 7.78. The first-order valence-corrected chi connectivity index (χ1v) is 8.45. The van der Waals surface area contributed by atoms with Crippen LogP contribution in [0.1, 0.15) is 17.4 Å². The number of rotatable bonds is 5. The Kier molecular flexibility index (Phi) is 4.63. The van der Waals surface area contributed by atoms with Crippen LogP contribution < -0.4 is 5.32 Å². The van der Waals surface area contributed by atoms with Crippen LogP contribution >= 0.6 is 0 Å². The number of anilines is 1. The Morgan fingerprint density at radius 1 is 1.21 bits per heavy atom. The molecule has 0 aliphatic carbocycles. The molecule has 0 bridgehead atoms. The number of alkyl halides is 3. The number of hydrogen-bond acceptors (Lipinski definition) is 6. The van der Waals surface area contributed by atoms with E-state index in [1.165, 1.54) is 18.4 Å². The van der Waals surface area contributed by atoms with E-state index >= 15 is 0 Å². The summed E-state index contributed by atoms with van der Waals surface area (Å²) in [6.45, 7) is 1.26. The fraction of sp³-hybridized carbons (Fsp3) is 0.278. The van der Waals surface area contributed by atoms with Gasteiger partial charge in [-0.15, -0.1) is 0 Å². The number of carbonyl (C=O) groups is 1. The van der Waals surface area contributed by atoms with Gasteiger partial charge in [0.05, 0.1) is 24.3 Å². The van der Waals surface area contributed by atoms with E-state index in [2.05, 4.69) is 15.5 Å². The highest BCUT2D eigenvalue weighted by Crippen LogP contribution is 2.30. The molecule has 7 nitrogen and oxygen atoms in total. The van der Waals surface area contributed by atoms with Crippen LogP contribution in [-0.4, -0.2) is 40.6 Å². The third-order valence-corrected chi connectivity index (χ3v) is 4.35. The van der Waals surface area contributed by atoms with E-state index in [1.807, 2.05) is 4.90 Å². The Balaban J connectivity index is 1.26. The van der Waals surface area contributed by atoms with Crippen molar-refractivity contribution in [2.24, 2.45) is 0 Å². The molecule has 0 unspecified atom stereocenters. The van der Waals surface area contributed by atoms with E-state index in [1.54, 1.807) is 12.1 Å². The molecule has 0 spiro atoms. The minimum atomic E-state index is -4.40. The lowest BCUT2D eigenvalue weighted by atomic mass is 10.0. The Morgan fingerprint density at radius 2 is 1.96 bits per heavy atom. The number of carbonyl (C=O) groups excluding carboxylic acids is 1. The van der Waals surface area contributed by atoms with E-state index in [-0.39, 0.29) is 18.4 Å². The standard InChI is InChI=1S/C18H15F3N4O3/c19-18(20,21)12-3-5-13(6-4-12)22-15(26)10-25-8-11(9-25)17-23-16(24-28-17)14-2-1-7-27-14/h1-7,11H,8-10H2,(H,22,26). The van der Waals surface area contributed by atoms with Crippen molar-refractivity contribution in [1.29, 1.82) is 0 Å². The summed E-state index contributed by atoms with van der Waals surface area (Å²) in [7, 11) is 0. The van der Waals surface area contributed by atoms with E-state index < -0.39 is 11.7 Å². The number of furan rings is 1. The second kappa shape index (κ2) is 7.12. The summed E-state index contributed by atoms with van der Waals surface area (Å²) in [4.78, 5) is 18.2. The first kappa shape index (κ1) is 18.2. The molecule has 0 radical (unpaired) electrons. The third-order valence-electron chi connectivity index (χ3n) is 4.35. The van der Waals surface area contributed by atoms with Crippen LogP contribution in [0.25, 0.3) is 11.6 Å². The fourth-order valence-electron chi connectivity index (χ4n) is 2.91. The maximum Gasteiger partial charge on any atom is 0.416 e. The zero-order chi connectivity index (χ0) is 19.7. The minimum absolute atomic E-state index is 0.0232. The molecule has 1 aliphatic rings. The summed E-state index contributed by atoms with van der Waals surface area (Å²) >= 11 is 0. The summed E-state index contributed by atoms with van der Waals surface area (Å²) in [6.07, 6.45) is -2.88. The highest BCUT2D eigenvalue weighted by molar-refractivity contribution is 5.92. The number of likely N-dealkylation sites (tertiary alicyclic amines) is 1. The van der Waals surface area contributed by atoms with Crippen LogP contribution in [-0.2, 0) is 11.0 Å². The van der Waals surface area contributed by atoms with Crippen molar-refractivity contribution in [1.82, 2.24) is 15.0 Å². The third kappa shape index (κ3) is 3.91. The van der Waals surface area contributed by atoms with Gasteiger partial charge >= 0.3 is 6.18 Å². The first-order chi connectivity index (χ1) is 13.4. The van der Waals surface area contributed by atoms with Gasteiger partial charge in [0, 0.05) is 18.8 Å². The Hall–Kier alpha value is -3.14. The van der Waals surface area contributed by atoms with Crippen LogP contribution in [0.3, 0.4) is 0 Å². The van der Waals surface area contributed by atoms with Crippen molar-refractivity contribution in [2.75, 3.05) is 25.0 Å². The summed E-state index contributed by atoms with van der Waals surface area (Å²) in [5, 5.41) is 6.46. The van der Waals surface area contributed by atoms with Gasteiger partial charge in [0.15, 0.2) is 5.76 Å². The summed E-state index contributed by atoms with van der Waals surface area (Å²) in [5.41, 5.74) is -0.445. The smallest absolute Gasteiger partial charge is 0.416 e. The lowest BCUT2D eigenvalue weighted by molar-refractivity contribution is -0.137. The predicted molar refractivity (Wildman–Crippen MR) is 91.3 cm³/mol. The van der Waals surface area contributed by atoms with Gasteiger partial charge in [-0.05, 0) is 36.4 Å². The minimum Gasteiger partial charge on any atom is -0.461 e. The van der Waals surface area contributed by atoms with Gasteiger partial charge in [-0.25, -0.2) is 0 Å². The molecule has 1 aromatic carbocycles. The molecule has 1 saturated heterocycles. The van der Waals surface area contributed by atoms with Gasteiger partial charge in [0.1, 0.15) is 0 Å². The van der Waals surface area contributed by atoms with Crippen molar-refractivity contribution >= 4 is 11.6 Å². The normalized spacial score (nSPS) is 15.4. The molecular formula is C18H15F3N4O3. The number of nitrogens with zero attached hydrogens (tertiary/aromatic N) is 3. The lowest BCUT2D eigenvalue weighted by Gasteiger charge is -2.36. The fourth-order valence-corrected chi connectivity index (χ4v) is 2.91. The molecule has 28 heavy (non-hydrogen) atoms. The quantitative estimate of drug-likeness (QED) is 0.717. The van der Waals surface area contributed by atoms with Crippen LogP contribution in [0.5, 0.6) is 0 Å². The average molecular weight is 392 g/mol. The molecule has 3 heterocycles. The van der Waals surface area contributed by atoms with Crippen molar-refractivity contribution in [2.45, 2.75) is 12.1 Å². The van der Waals surface area contributed by atoms with Gasteiger partial charge in [0.25, 0.3) is 0 Å². The zero-order valence-electron chi connectivity index (χ0n) is 14.4. The molecular weight excluding hydrogens is 377 g/mol. The van der Waals surface area contributed by atoms with Crippen molar-refractivity contribution < 1.29 is 26.9 Å². The molecule has 1 aliphatic heterocycles. The van der Waals surface area contributed by atoms with Crippen molar-refractivity contribution in [3.05, 3.63) is 54.1 Å². The predicted octanol–water partition coefficient (Wildman–Crippen LogP) is 3.39. The average Bonchev–Trinajstić information content (AvgIpc) is 3.28. The molecule has 1 amide bonds. The van der Waals surface area contributed by atoms with E-state index in [9.17, 15) is 18.0 Å². The molecule has 0 saturated carbocycles. The van der Waals surface area contributed by atoms with Crippen LogP contribution in [0.4, 0.5) is 18.9 Å². The topological polar surface area (TPSA) is 84.4 Å². The van der Waals surface area contributed by atoms with Crippen LogP contribution in [0, 0.1) is 0 Å². The van der Waals surface area contributed by atoms with Crippen molar-refractivity contribution in [3.63, 3.8) is 0 Å². The monoisotopic (exact) mass is 392 g/mol. The highest BCUT2D eigenvalue weighted by atomic mass is 19.4. The first-order valence-electron chi connectivity index (χ1n) is 8.45. The van der Waals surface area contributed by atoms with Gasteiger partial charge in [-0.2, -0.15) is 18.2 Å². The Labute approximate surface area is 157 Å². The van der Waals surface area contributed by atoms with Gasteiger partial charge in [-0.3, -0.25) is 9.69 Å². The molecule has 3 aromatic rings. The Morgan fingerprint density at radius 3 is 2.61 bits per heavy atom. The zero-order valence-corrected chi connectivity index (χ0v) is 14.4. The number of amides is 1. The van der Waals surface area contributed by atoms with E-state index in [0.29, 0.717) is 36.3 Å². The second-order valence-electron chi connectivity index (χ2n) is 6.45. The Bertz CT molecular complexity index is 945. The maximum absolute atomic E-state index is 12.5. The molecule has 146 valence electrons. The molecule has 1 N–H and O–H groups in total. The number of hydrogen-bond donors (Lipinski definition) is 1.